The molecule has 0 spiro atoms. The third-order valence-electron chi connectivity index (χ3n) is 3.22. The summed E-state index contributed by atoms with van der Waals surface area (Å²) in [6.07, 6.45) is 2.70. The Morgan fingerprint density at radius 1 is 1.00 bits per heavy atom. The minimum absolute atomic E-state index is 0.0182. The zero-order valence-electron chi connectivity index (χ0n) is 13.6. The van der Waals surface area contributed by atoms with Crippen LogP contribution >= 0.6 is 0 Å². The second-order valence-corrected chi connectivity index (χ2v) is 4.86. The minimum atomic E-state index is -1.17. The molecule has 0 saturated heterocycles. The zero-order chi connectivity index (χ0) is 18.4. The molecular formula is C18H16O7. The second-order valence-electron chi connectivity index (χ2n) is 4.86. The number of hydrogen-bond donors (Lipinski definition) is 2. The number of ether oxygens (including phenoxy) is 3. The van der Waals surface area contributed by atoms with E-state index in [4.69, 9.17) is 19.3 Å². The molecule has 7 heteroatoms. The number of methoxy groups -OCH3 is 2. The van der Waals surface area contributed by atoms with Crippen molar-refractivity contribution in [1.82, 2.24) is 0 Å². The smallest absolute Gasteiger partial charge is 0.336 e. The minimum Gasteiger partial charge on any atom is -0.508 e. The molecule has 0 fully saturated rings. The van der Waals surface area contributed by atoms with E-state index in [1.165, 1.54) is 50.6 Å². The van der Waals surface area contributed by atoms with Crippen molar-refractivity contribution in [3.63, 3.8) is 0 Å². The first-order chi connectivity index (χ1) is 11.9. The lowest BCUT2D eigenvalue weighted by Gasteiger charge is -2.13. The maximum atomic E-state index is 12.0. The van der Waals surface area contributed by atoms with Crippen molar-refractivity contribution in [3.05, 3.63) is 53.6 Å². The number of phenols is 1. The highest BCUT2D eigenvalue weighted by atomic mass is 16.6. The van der Waals surface area contributed by atoms with Gasteiger partial charge < -0.3 is 24.4 Å². The number of hydrogen-bond acceptors (Lipinski definition) is 6. The molecule has 0 aromatic heterocycles. The van der Waals surface area contributed by atoms with E-state index in [0.717, 1.165) is 0 Å². The average molecular weight is 344 g/mol. The van der Waals surface area contributed by atoms with E-state index >= 15 is 0 Å². The van der Waals surface area contributed by atoms with E-state index in [1.54, 1.807) is 12.1 Å². The molecule has 0 heterocycles. The van der Waals surface area contributed by atoms with Gasteiger partial charge in [0, 0.05) is 6.08 Å². The van der Waals surface area contributed by atoms with E-state index in [2.05, 4.69) is 0 Å². The van der Waals surface area contributed by atoms with Gasteiger partial charge in [0.05, 0.1) is 19.8 Å². The summed E-state index contributed by atoms with van der Waals surface area (Å²) in [4.78, 5) is 23.1. The predicted octanol–water partition coefficient (Wildman–Crippen LogP) is 2.73. The van der Waals surface area contributed by atoms with Crippen molar-refractivity contribution in [2.24, 2.45) is 0 Å². The zero-order valence-corrected chi connectivity index (χ0v) is 13.6. The standard InChI is InChI=1S/C18H16O7/c1-23-14-9-12(18(21)22)10-15(24-2)17(14)25-16(20)8-5-11-3-6-13(19)7-4-11/h3-10,19H,1-2H3,(H,21,22). The van der Waals surface area contributed by atoms with E-state index in [0.29, 0.717) is 5.56 Å². The molecule has 7 nitrogen and oxygen atoms in total. The number of aromatic carboxylic acids is 1. The van der Waals surface area contributed by atoms with E-state index in [1.807, 2.05) is 0 Å². The van der Waals surface area contributed by atoms with Crippen LogP contribution in [0.3, 0.4) is 0 Å². The van der Waals surface area contributed by atoms with Crippen LogP contribution in [0.25, 0.3) is 6.08 Å². The van der Waals surface area contributed by atoms with Gasteiger partial charge in [0.1, 0.15) is 5.75 Å². The summed E-state index contributed by atoms with van der Waals surface area (Å²) in [6.45, 7) is 0. The van der Waals surface area contributed by atoms with Crippen molar-refractivity contribution in [1.29, 1.82) is 0 Å². The lowest BCUT2D eigenvalue weighted by molar-refractivity contribution is -0.129. The molecule has 0 bridgehead atoms. The number of phenolic OH excluding ortho intramolecular Hbond substituents is 1. The van der Waals surface area contributed by atoms with Crippen LogP contribution in [0.1, 0.15) is 15.9 Å². The molecule has 2 aromatic carbocycles. The second kappa shape index (κ2) is 7.87. The number of carboxylic acids is 1. The Morgan fingerprint density at radius 3 is 2.04 bits per heavy atom. The summed E-state index contributed by atoms with van der Waals surface area (Å²) in [5.41, 5.74) is 0.628. The summed E-state index contributed by atoms with van der Waals surface area (Å²) in [5, 5.41) is 18.3. The molecule has 2 rings (SSSR count). The molecule has 2 N–H and O–H groups in total. The summed E-state index contributed by atoms with van der Waals surface area (Å²) in [6, 6.07) is 8.70. The van der Waals surface area contributed by atoms with Gasteiger partial charge in [0.2, 0.25) is 5.75 Å². The summed E-state index contributed by atoms with van der Waals surface area (Å²) in [7, 11) is 2.65. The largest absolute Gasteiger partial charge is 0.508 e. The molecule has 0 aliphatic rings. The van der Waals surface area contributed by atoms with Crippen molar-refractivity contribution >= 4 is 18.0 Å². The topological polar surface area (TPSA) is 102 Å². The third-order valence-corrected chi connectivity index (χ3v) is 3.22. The van der Waals surface area contributed by atoms with Gasteiger partial charge in [-0.3, -0.25) is 0 Å². The van der Waals surface area contributed by atoms with Crippen molar-refractivity contribution in [3.8, 4) is 23.0 Å². The Hall–Kier alpha value is -3.48. The van der Waals surface area contributed by atoms with Gasteiger partial charge >= 0.3 is 11.9 Å². The van der Waals surface area contributed by atoms with Crippen LogP contribution in [0.5, 0.6) is 23.0 Å². The fourth-order valence-electron chi connectivity index (χ4n) is 1.99. The van der Waals surface area contributed by atoms with Crippen LogP contribution < -0.4 is 14.2 Å². The highest BCUT2D eigenvalue weighted by Crippen LogP contribution is 2.38. The van der Waals surface area contributed by atoms with Gasteiger partial charge in [-0.2, -0.15) is 0 Å². The number of carbonyl (C=O) groups excluding carboxylic acids is 1. The van der Waals surface area contributed by atoms with Gasteiger partial charge in [-0.25, -0.2) is 9.59 Å². The first-order valence-corrected chi connectivity index (χ1v) is 7.13. The lowest BCUT2D eigenvalue weighted by Crippen LogP contribution is -2.08. The number of rotatable bonds is 6. The quantitative estimate of drug-likeness (QED) is 0.472. The Labute approximate surface area is 143 Å². The van der Waals surface area contributed by atoms with Crippen LogP contribution in [0, 0.1) is 0 Å². The molecule has 0 radical (unpaired) electrons. The van der Waals surface area contributed by atoms with E-state index < -0.39 is 11.9 Å². The molecular weight excluding hydrogens is 328 g/mol. The number of benzene rings is 2. The van der Waals surface area contributed by atoms with Crippen LogP contribution in [0.2, 0.25) is 0 Å². The first kappa shape index (κ1) is 17.9. The van der Waals surface area contributed by atoms with Crippen molar-refractivity contribution in [2.45, 2.75) is 0 Å². The highest BCUT2D eigenvalue weighted by molar-refractivity contribution is 5.92. The van der Waals surface area contributed by atoms with Crippen LogP contribution in [-0.2, 0) is 4.79 Å². The van der Waals surface area contributed by atoms with Gasteiger partial charge in [-0.1, -0.05) is 12.1 Å². The molecule has 0 aliphatic heterocycles. The van der Waals surface area contributed by atoms with Gasteiger partial charge in [0.25, 0.3) is 0 Å². The number of carboxylic acid groups (broad SMARTS) is 1. The highest BCUT2D eigenvalue weighted by Gasteiger charge is 2.19. The van der Waals surface area contributed by atoms with Crippen LogP contribution in [0.4, 0.5) is 0 Å². The maximum Gasteiger partial charge on any atom is 0.336 e. The van der Waals surface area contributed by atoms with Gasteiger partial charge in [-0.05, 0) is 35.9 Å². The molecule has 0 unspecified atom stereocenters. The maximum absolute atomic E-state index is 12.0. The molecule has 0 aliphatic carbocycles. The normalized spacial score (nSPS) is 10.5. The number of aromatic hydroxyl groups is 1. The van der Waals surface area contributed by atoms with Crippen LogP contribution in [-0.4, -0.2) is 36.4 Å². The average Bonchev–Trinajstić information content (AvgIpc) is 2.61. The number of carbonyl (C=O) groups is 2. The third kappa shape index (κ3) is 4.51. The molecule has 0 amide bonds. The Morgan fingerprint density at radius 2 is 1.56 bits per heavy atom. The molecule has 130 valence electrons. The van der Waals surface area contributed by atoms with Gasteiger partial charge in [-0.15, -0.1) is 0 Å². The summed E-state index contributed by atoms with van der Waals surface area (Å²) < 4.78 is 15.4. The molecule has 25 heavy (non-hydrogen) atoms. The Kier molecular flexibility index (Phi) is 5.62. The molecule has 2 aromatic rings. The van der Waals surface area contributed by atoms with Gasteiger partial charge in [0.15, 0.2) is 11.5 Å². The first-order valence-electron chi connectivity index (χ1n) is 7.13. The summed E-state index contributed by atoms with van der Waals surface area (Å²) in [5.74, 6) is -1.65. The predicted molar refractivity (Wildman–Crippen MR) is 89.3 cm³/mol. The SMILES string of the molecule is COc1cc(C(=O)O)cc(OC)c1OC(=O)C=Cc1ccc(O)cc1. The molecule has 0 atom stereocenters. The van der Waals surface area contributed by atoms with E-state index in [-0.39, 0.29) is 28.6 Å². The monoisotopic (exact) mass is 344 g/mol. The number of esters is 1. The van der Waals surface area contributed by atoms with Crippen molar-refractivity contribution in [2.75, 3.05) is 14.2 Å². The summed E-state index contributed by atoms with van der Waals surface area (Å²) >= 11 is 0. The Balaban J connectivity index is 2.24. The lowest BCUT2D eigenvalue weighted by atomic mass is 10.2. The van der Waals surface area contributed by atoms with Crippen molar-refractivity contribution < 1.29 is 34.0 Å². The fraction of sp³-hybridized carbons (Fsp3) is 0.111. The van der Waals surface area contributed by atoms with Crippen LogP contribution in [0.15, 0.2) is 42.5 Å². The molecule has 0 saturated carbocycles. The fourth-order valence-corrected chi connectivity index (χ4v) is 1.99. The Bertz CT molecular complexity index is 782. The van der Waals surface area contributed by atoms with E-state index in [9.17, 15) is 14.7 Å².